The fraction of sp³-hybridized carbons (Fsp3) is 0.0500. The molecular formula is C20H16ClN3S. The largest absolute Gasteiger partial charge is 0.329 e. The van der Waals surface area contributed by atoms with Gasteiger partial charge in [-0.2, -0.15) is 5.10 Å². The number of fused-ring (bicyclic) bond motifs is 1. The van der Waals surface area contributed by atoms with Crippen LogP contribution in [0.4, 0.5) is 17.1 Å². The highest BCUT2D eigenvalue weighted by atomic mass is 35.5. The third-order valence-electron chi connectivity index (χ3n) is 3.96. The second-order valence-corrected chi connectivity index (χ2v) is 6.91. The lowest BCUT2D eigenvalue weighted by atomic mass is 10.1. The van der Waals surface area contributed by atoms with Crippen LogP contribution in [-0.4, -0.2) is 10.9 Å². The van der Waals surface area contributed by atoms with Gasteiger partial charge < -0.3 is 4.90 Å². The summed E-state index contributed by atoms with van der Waals surface area (Å²) >= 11 is 8.10. The van der Waals surface area contributed by atoms with E-state index in [1.165, 1.54) is 0 Å². The molecule has 0 aromatic heterocycles. The molecule has 0 bridgehead atoms. The third kappa shape index (κ3) is 3.36. The van der Waals surface area contributed by atoms with Gasteiger partial charge in [-0.3, -0.25) is 5.43 Å². The molecule has 124 valence electrons. The maximum atomic E-state index is 6.41. The van der Waals surface area contributed by atoms with Crippen LogP contribution in [0.15, 0.2) is 84.0 Å². The van der Waals surface area contributed by atoms with E-state index in [2.05, 4.69) is 27.6 Å². The van der Waals surface area contributed by atoms with E-state index in [9.17, 15) is 0 Å². The molecule has 0 fully saturated rings. The van der Waals surface area contributed by atoms with Gasteiger partial charge in [-0.25, -0.2) is 0 Å². The van der Waals surface area contributed by atoms with E-state index in [4.69, 9.17) is 11.6 Å². The minimum Gasteiger partial charge on any atom is -0.329 e. The van der Waals surface area contributed by atoms with Gasteiger partial charge in [-0.1, -0.05) is 71.9 Å². The first kappa shape index (κ1) is 16.1. The van der Waals surface area contributed by atoms with Crippen molar-refractivity contribution in [1.82, 2.24) is 0 Å². The summed E-state index contributed by atoms with van der Waals surface area (Å²) in [5.74, 6) is 0.760. The number of hydrogen-bond donors (Lipinski definition) is 1. The Morgan fingerprint density at radius 1 is 0.840 bits per heavy atom. The van der Waals surface area contributed by atoms with Gasteiger partial charge in [0.15, 0.2) is 0 Å². The standard InChI is InChI=1S/C20H16ClN3S/c21-17-11-5-7-13-19(17)24-14-25-20(16-10-4-6-12-18(16)24)23-22-15-8-2-1-3-9-15/h1-13,22H,14H2/b23-20+. The Labute approximate surface area is 156 Å². The van der Waals surface area contributed by atoms with Crippen molar-refractivity contribution in [3.05, 3.63) is 89.4 Å². The van der Waals surface area contributed by atoms with Gasteiger partial charge in [0.25, 0.3) is 0 Å². The van der Waals surface area contributed by atoms with Crippen molar-refractivity contribution in [2.24, 2.45) is 5.10 Å². The van der Waals surface area contributed by atoms with Gasteiger partial charge in [-0.15, -0.1) is 0 Å². The highest BCUT2D eigenvalue weighted by Crippen LogP contribution is 2.40. The molecule has 1 N–H and O–H groups in total. The van der Waals surface area contributed by atoms with Crippen LogP contribution in [0.2, 0.25) is 5.02 Å². The maximum absolute atomic E-state index is 6.41. The first-order chi connectivity index (χ1) is 12.3. The summed E-state index contributed by atoms with van der Waals surface area (Å²) in [6.07, 6.45) is 0. The Balaban J connectivity index is 1.69. The van der Waals surface area contributed by atoms with E-state index in [0.29, 0.717) is 0 Å². The summed E-state index contributed by atoms with van der Waals surface area (Å²) in [6, 6.07) is 26.2. The van der Waals surface area contributed by atoms with E-state index in [1.807, 2.05) is 66.7 Å². The van der Waals surface area contributed by atoms with Crippen LogP contribution in [0.3, 0.4) is 0 Å². The molecule has 0 aliphatic carbocycles. The highest BCUT2D eigenvalue weighted by Gasteiger charge is 2.24. The summed E-state index contributed by atoms with van der Waals surface area (Å²) < 4.78 is 0. The molecule has 0 saturated heterocycles. The molecule has 0 radical (unpaired) electrons. The van der Waals surface area contributed by atoms with Crippen molar-refractivity contribution in [1.29, 1.82) is 0 Å². The fourth-order valence-corrected chi connectivity index (χ4v) is 3.96. The summed E-state index contributed by atoms with van der Waals surface area (Å²) in [4.78, 5) is 2.23. The van der Waals surface area contributed by atoms with Gasteiger partial charge in [0.05, 0.1) is 28.0 Å². The smallest absolute Gasteiger partial charge is 0.127 e. The lowest BCUT2D eigenvalue weighted by molar-refractivity contribution is 1.16. The van der Waals surface area contributed by atoms with Crippen LogP contribution in [0.5, 0.6) is 0 Å². The zero-order chi connectivity index (χ0) is 17.1. The van der Waals surface area contributed by atoms with Crippen molar-refractivity contribution in [3.8, 4) is 0 Å². The van der Waals surface area contributed by atoms with Crippen LogP contribution in [0, 0.1) is 0 Å². The number of rotatable bonds is 3. The Morgan fingerprint density at radius 2 is 1.52 bits per heavy atom. The Hall–Kier alpha value is -2.43. The third-order valence-corrected chi connectivity index (χ3v) is 5.25. The first-order valence-corrected chi connectivity index (χ1v) is 9.32. The lowest BCUT2D eigenvalue weighted by Gasteiger charge is -2.31. The Bertz CT molecular complexity index is 912. The van der Waals surface area contributed by atoms with Gasteiger partial charge >= 0.3 is 0 Å². The SMILES string of the molecule is Clc1ccccc1N1CS/C(=N/Nc2ccccc2)c2ccccc21. The minimum absolute atomic E-state index is 0.751. The molecule has 3 aromatic rings. The number of hydrazone groups is 1. The van der Waals surface area contributed by atoms with Crippen molar-refractivity contribution in [2.75, 3.05) is 16.2 Å². The van der Waals surface area contributed by atoms with Crippen LogP contribution in [0.25, 0.3) is 0 Å². The molecule has 0 amide bonds. The van der Waals surface area contributed by atoms with Crippen LogP contribution in [0.1, 0.15) is 5.56 Å². The molecule has 0 spiro atoms. The zero-order valence-corrected chi connectivity index (χ0v) is 15.0. The molecule has 3 aromatic carbocycles. The number of para-hydroxylation sites is 3. The number of nitrogens with one attached hydrogen (secondary N) is 1. The van der Waals surface area contributed by atoms with E-state index >= 15 is 0 Å². The van der Waals surface area contributed by atoms with Gasteiger partial charge in [0, 0.05) is 5.56 Å². The molecule has 3 nitrogen and oxygen atoms in total. The van der Waals surface area contributed by atoms with Crippen LogP contribution in [-0.2, 0) is 0 Å². The Morgan fingerprint density at radius 3 is 2.32 bits per heavy atom. The average Bonchev–Trinajstić information content (AvgIpc) is 2.67. The number of thioether (sulfide) groups is 1. The van der Waals surface area contributed by atoms with Crippen molar-refractivity contribution >= 4 is 45.5 Å². The van der Waals surface area contributed by atoms with Crippen LogP contribution < -0.4 is 10.3 Å². The average molecular weight is 366 g/mol. The zero-order valence-electron chi connectivity index (χ0n) is 13.4. The molecule has 4 rings (SSSR count). The number of anilines is 3. The fourth-order valence-electron chi connectivity index (χ4n) is 2.75. The summed E-state index contributed by atoms with van der Waals surface area (Å²) in [6.45, 7) is 0. The van der Waals surface area contributed by atoms with E-state index in [1.54, 1.807) is 11.8 Å². The van der Waals surface area contributed by atoms with Crippen molar-refractivity contribution in [3.63, 3.8) is 0 Å². The molecule has 0 unspecified atom stereocenters. The maximum Gasteiger partial charge on any atom is 0.127 e. The predicted octanol–water partition coefficient (Wildman–Crippen LogP) is 5.96. The number of nitrogens with zero attached hydrogens (tertiary/aromatic N) is 2. The second kappa shape index (κ2) is 7.21. The molecular weight excluding hydrogens is 350 g/mol. The molecule has 1 aliphatic heterocycles. The summed E-state index contributed by atoms with van der Waals surface area (Å²) in [5.41, 5.74) is 7.34. The summed E-state index contributed by atoms with van der Waals surface area (Å²) in [5, 5.41) is 6.34. The number of halogens is 1. The quantitative estimate of drug-likeness (QED) is 0.580. The first-order valence-electron chi connectivity index (χ1n) is 7.96. The number of hydrogen-bond acceptors (Lipinski definition) is 4. The normalized spacial score (nSPS) is 15.1. The van der Waals surface area contributed by atoms with E-state index < -0.39 is 0 Å². The molecule has 0 atom stereocenters. The van der Waals surface area contributed by atoms with Crippen molar-refractivity contribution in [2.45, 2.75) is 0 Å². The van der Waals surface area contributed by atoms with Crippen molar-refractivity contribution < 1.29 is 0 Å². The van der Waals surface area contributed by atoms with E-state index in [0.717, 1.165) is 38.6 Å². The topological polar surface area (TPSA) is 27.6 Å². The second-order valence-electron chi connectivity index (χ2n) is 5.56. The molecule has 1 aliphatic rings. The van der Waals surface area contributed by atoms with Gasteiger partial charge in [-0.05, 0) is 30.3 Å². The van der Waals surface area contributed by atoms with Gasteiger partial charge in [0.2, 0.25) is 0 Å². The Kier molecular flexibility index (Phi) is 4.63. The molecule has 1 heterocycles. The van der Waals surface area contributed by atoms with Gasteiger partial charge in [0.1, 0.15) is 5.04 Å². The predicted molar refractivity (Wildman–Crippen MR) is 109 cm³/mol. The minimum atomic E-state index is 0.751. The summed E-state index contributed by atoms with van der Waals surface area (Å²) in [7, 11) is 0. The van der Waals surface area contributed by atoms with Crippen LogP contribution >= 0.6 is 23.4 Å². The molecule has 0 saturated carbocycles. The monoisotopic (exact) mass is 365 g/mol. The molecule has 5 heteroatoms. The number of benzene rings is 3. The lowest BCUT2D eigenvalue weighted by Crippen LogP contribution is -2.25. The highest BCUT2D eigenvalue weighted by molar-refractivity contribution is 8.14. The molecule has 25 heavy (non-hydrogen) atoms. The van der Waals surface area contributed by atoms with E-state index in [-0.39, 0.29) is 0 Å².